The molecule has 0 radical (unpaired) electrons. The van der Waals surface area contributed by atoms with Gasteiger partial charge in [0.1, 0.15) is 23.9 Å². The van der Waals surface area contributed by atoms with Crippen molar-refractivity contribution in [2.24, 2.45) is 0 Å². The summed E-state index contributed by atoms with van der Waals surface area (Å²) in [4.78, 5) is 17.2. The maximum atomic E-state index is 13.2. The first kappa shape index (κ1) is 22.9. The van der Waals surface area contributed by atoms with Gasteiger partial charge in [0.25, 0.3) is 5.91 Å². The number of ether oxygens (including phenoxy) is 2. The number of hydrogen-bond donors (Lipinski definition) is 0. The molecular weight excluding hydrogens is 443 g/mol. The third-order valence-electron chi connectivity index (χ3n) is 5.81. The summed E-state index contributed by atoms with van der Waals surface area (Å²) in [5.41, 5.74) is 3.28. The Balaban J connectivity index is 1.42. The second kappa shape index (κ2) is 10.1. The summed E-state index contributed by atoms with van der Waals surface area (Å²) in [6.07, 6.45) is 0. The average molecular weight is 469 g/mol. The topological polar surface area (TPSA) is 42.0 Å². The van der Waals surface area contributed by atoms with Crippen LogP contribution in [0, 0.1) is 12.7 Å². The number of anilines is 1. The highest BCUT2D eigenvalue weighted by Gasteiger charge is 2.23. The molecule has 0 atom stereocenters. The lowest BCUT2D eigenvalue weighted by atomic mass is 10.1. The number of nitrogens with zero attached hydrogens (tertiary/aromatic N) is 2. The first-order chi connectivity index (χ1) is 15.9. The van der Waals surface area contributed by atoms with Crippen molar-refractivity contribution in [1.82, 2.24) is 4.90 Å². The zero-order valence-electron chi connectivity index (χ0n) is 18.7. The number of amides is 1. The van der Waals surface area contributed by atoms with Crippen LogP contribution in [0.5, 0.6) is 11.5 Å². The van der Waals surface area contributed by atoms with E-state index in [2.05, 4.69) is 4.90 Å². The summed E-state index contributed by atoms with van der Waals surface area (Å²) in [6.45, 7) is 4.77. The van der Waals surface area contributed by atoms with Crippen molar-refractivity contribution in [2.45, 2.75) is 13.5 Å². The Bertz CT molecular complexity index is 1130. The molecule has 1 fully saturated rings. The minimum Gasteiger partial charge on any atom is -0.496 e. The molecule has 1 saturated heterocycles. The van der Waals surface area contributed by atoms with Gasteiger partial charge in [0.05, 0.1) is 7.11 Å². The largest absolute Gasteiger partial charge is 0.496 e. The molecule has 1 amide bonds. The van der Waals surface area contributed by atoms with Crippen molar-refractivity contribution < 1.29 is 18.7 Å². The fourth-order valence-electron chi connectivity index (χ4n) is 3.89. The molecule has 0 aromatic heterocycles. The van der Waals surface area contributed by atoms with Gasteiger partial charge in [0, 0.05) is 48.0 Å². The molecule has 0 bridgehead atoms. The Hall–Kier alpha value is -3.25. The number of benzene rings is 3. The van der Waals surface area contributed by atoms with E-state index >= 15 is 0 Å². The fraction of sp³-hybridized carbons (Fsp3) is 0.269. The molecule has 4 rings (SSSR count). The number of hydrogen-bond acceptors (Lipinski definition) is 4. The van der Waals surface area contributed by atoms with Gasteiger partial charge in [-0.25, -0.2) is 4.39 Å². The van der Waals surface area contributed by atoms with E-state index in [0.717, 1.165) is 16.8 Å². The summed E-state index contributed by atoms with van der Waals surface area (Å²) in [5, 5.41) is 0.687. The molecule has 172 valence electrons. The van der Waals surface area contributed by atoms with Crippen LogP contribution in [0.15, 0.2) is 60.7 Å². The smallest absolute Gasteiger partial charge is 0.253 e. The van der Waals surface area contributed by atoms with Gasteiger partial charge in [-0.15, -0.1) is 0 Å². The standard InChI is InChI=1S/C26H26ClFN2O3/c1-18-15-23(8-9-24(18)27)33-17-20-16-19(3-10-25(20)32-2)26(31)30-13-11-29(12-14-30)22-6-4-21(28)5-7-22/h3-10,15-16H,11-14,17H2,1-2H3. The lowest BCUT2D eigenvalue weighted by Gasteiger charge is -2.36. The SMILES string of the molecule is COc1ccc(C(=O)N2CCN(c3ccc(F)cc3)CC2)cc1COc1ccc(Cl)c(C)c1. The molecule has 7 heteroatoms. The molecule has 5 nitrogen and oxygen atoms in total. The van der Waals surface area contributed by atoms with Crippen LogP contribution in [0.3, 0.4) is 0 Å². The van der Waals surface area contributed by atoms with E-state index in [1.165, 1.54) is 12.1 Å². The van der Waals surface area contributed by atoms with Crippen LogP contribution >= 0.6 is 11.6 Å². The van der Waals surface area contributed by atoms with Crippen LogP contribution in [0.25, 0.3) is 0 Å². The highest BCUT2D eigenvalue weighted by atomic mass is 35.5. The number of carbonyl (C=O) groups excluding carboxylic acids is 1. The average Bonchev–Trinajstić information content (AvgIpc) is 2.84. The Kier molecular flexibility index (Phi) is 7.04. The molecule has 1 heterocycles. The van der Waals surface area contributed by atoms with Crippen molar-refractivity contribution in [3.63, 3.8) is 0 Å². The molecule has 0 aliphatic carbocycles. The second-order valence-electron chi connectivity index (χ2n) is 7.98. The van der Waals surface area contributed by atoms with Gasteiger partial charge in [0.15, 0.2) is 0 Å². The summed E-state index contributed by atoms with van der Waals surface area (Å²) in [6, 6.07) is 17.4. The van der Waals surface area contributed by atoms with Crippen molar-refractivity contribution in [1.29, 1.82) is 0 Å². The Morgan fingerprint density at radius 3 is 2.39 bits per heavy atom. The van der Waals surface area contributed by atoms with E-state index in [-0.39, 0.29) is 18.3 Å². The van der Waals surface area contributed by atoms with Gasteiger partial charge in [-0.1, -0.05) is 11.6 Å². The number of aryl methyl sites for hydroxylation is 1. The predicted molar refractivity (Wildman–Crippen MR) is 128 cm³/mol. The van der Waals surface area contributed by atoms with E-state index < -0.39 is 0 Å². The third-order valence-corrected chi connectivity index (χ3v) is 6.23. The molecular formula is C26H26ClFN2O3. The van der Waals surface area contributed by atoms with Gasteiger partial charge < -0.3 is 19.3 Å². The fourth-order valence-corrected chi connectivity index (χ4v) is 4.01. The van der Waals surface area contributed by atoms with Gasteiger partial charge >= 0.3 is 0 Å². The third kappa shape index (κ3) is 5.40. The maximum Gasteiger partial charge on any atom is 0.253 e. The van der Waals surface area contributed by atoms with Gasteiger partial charge in [-0.05, 0) is 73.2 Å². The normalized spacial score (nSPS) is 13.7. The minimum absolute atomic E-state index is 0.0278. The first-order valence-corrected chi connectivity index (χ1v) is 11.2. The highest BCUT2D eigenvalue weighted by Crippen LogP contribution is 2.26. The second-order valence-corrected chi connectivity index (χ2v) is 8.39. The molecule has 3 aromatic carbocycles. The Labute approximate surface area is 198 Å². The molecule has 1 aliphatic heterocycles. The van der Waals surface area contributed by atoms with Gasteiger partial charge in [0.2, 0.25) is 0 Å². The molecule has 0 unspecified atom stereocenters. The van der Waals surface area contributed by atoms with Crippen LogP contribution in [0.2, 0.25) is 5.02 Å². The summed E-state index contributed by atoms with van der Waals surface area (Å²) in [5.74, 6) is 1.09. The molecule has 33 heavy (non-hydrogen) atoms. The summed E-state index contributed by atoms with van der Waals surface area (Å²) < 4.78 is 24.6. The van der Waals surface area contributed by atoms with Gasteiger partial charge in [-0.3, -0.25) is 4.79 Å². The number of piperazine rings is 1. The van der Waals surface area contributed by atoms with Crippen LogP contribution < -0.4 is 14.4 Å². The number of methoxy groups -OCH3 is 1. The van der Waals surface area contributed by atoms with Crippen molar-refractivity contribution in [3.05, 3.63) is 88.2 Å². The predicted octanol–water partition coefficient (Wildman–Crippen LogP) is 5.34. The zero-order chi connectivity index (χ0) is 23.4. The van der Waals surface area contributed by atoms with E-state index in [0.29, 0.717) is 48.3 Å². The Morgan fingerprint density at radius 1 is 1.00 bits per heavy atom. The summed E-state index contributed by atoms with van der Waals surface area (Å²) >= 11 is 6.09. The van der Waals surface area contributed by atoms with Crippen LogP contribution in [0.4, 0.5) is 10.1 Å². The molecule has 3 aromatic rings. The zero-order valence-corrected chi connectivity index (χ0v) is 19.4. The van der Waals surface area contributed by atoms with Crippen LogP contribution in [0.1, 0.15) is 21.5 Å². The maximum absolute atomic E-state index is 13.2. The van der Waals surface area contributed by atoms with Crippen molar-refractivity contribution in [3.8, 4) is 11.5 Å². The Morgan fingerprint density at radius 2 is 1.73 bits per heavy atom. The van der Waals surface area contributed by atoms with Crippen LogP contribution in [-0.2, 0) is 6.61 Å². The van der Waals surface area contributed by atoms with Crippen molar-refractivity contribution in [2.75, 3.05) is 38.2 Å². The quantitative estimate of drug-likeness (QED) is 0.490. The minimum atomic E-state index is -0.252. The number of halogens is 2. The van der Waals surface area contributed by atoms with Crippen molar-refractivity contribution >= 4 is 23.2 Å². The first-order valence-electron chi connectivity index (χ1n) is 10.8. The van der Waals surface area contributed by atoms with E-state index in [4.69, 9.17) is 21.1 Å². The van der Waals surface area contributed by atoms with E-state index in [1.54, 1.807) is 37.4 Å². The van der Waals surface area contributed by atoms with E-state index in [9.17, 15) is 9.18 Å². The monoisotopic (exact) mass is 468 g/mol. The summed E-state index contributed by atoms with van der Waals surface area (Å²) in [7, 11) is 1.60. The molecule has 1 aliphatic rings. The highest BCUT2D eigenvalue weighted by molar-refractivity contribution is 6.31. The lowest BCUT2D eigenvalue weighted by Crippen LogP contribution is -2.48. The van der Waals surface area contributed by atoms with Gasteiger partial charge in [-0.2, -0.15) is 0 Å². The molecule has 0 N–H and O–H groups in total. The number of rotatable bonds is 6. The number of carbonyl (C=O) groups is 1. The molecule has 0 spiro atoms. The van der Waals surface area contributed by atoms with E-state index in [1.807, 2.05) is 30.0 Å². The van der Waals surface area contributed by atoms with Crippen LogP contribution in [-0.4, -0.2) is 44.1 Å². The lowest BCUT2D eigenvalue weighted by molar-refractivity contribution is 0.0746. The molecule has 0 saturated carbocycles.